The van der Waals surface area contributed by atoms with E-state index in [2.05, 4.69) is 138 Å². The Bertz CT molecular complexity index is 1490. The van der Waals surface area contributed by atoms with Gasteiger partial charge in [-0.1, -0.05) is 119 Å². The highest BCUT2D eigenvalue weighted by molar-refractivity contribution is 5.87. The van der Waals surface area contributed by atoms with Gasteiger partial charge in [0, 0.05) is 0 Å². The molecule has 0 saturated heterocycles. The third-order valence-corrected chi connectivity index (χ3v) is 6.63. The van der Waals surface area contributed by atoms with E-state index >= 15 is 0 Å². The summed E-state index contributed by atoms with van der Waals surface area (Å²) in [4.78, 5) is 0. The van der Waals surface area contributed by atoms with Gasteiger partial charge < -0.3 is 0 Å². The van der Waals surface area contributed by atoms with Gasteiger partial charge in [-0.25, -0.2) is 0 Å². The summed E-state index contributed by atoms with van der Waals surface area (Å²) in [6.07, 6.45) is 0. The number of benzene rings is 5. The van der Waals surface area contributed by atoms with Gasteiger partial charge in [0.15, 0.2) is 0 Å². The van der Waals surface area contributed by atoms with Gasteiger partial charge in [-0.05, 0) is 91.3 Å². The SMILES string of the molecule is Cc1cc(C)cc(-c2cccc(-c3ccc(C)cc3-c3cccc(-c4cc(C)cc(C)c4)c3)c2)c1. The predicted molar refractivity (Wildman–Crippen MR) is 152 cm³/mol. The van der Waals surface area contributed by atoms with Crippen LogP contribution in [0.3, 0.4) is 0 Å². The summed E-state index contributed by atoms with van der Waals surface area (Å²) in [5, 5.41) is 0. The standard InChI is InChI=1S/C35H32/c1-23-12-13-34(30-10-6-8-28(21-30)32-16-24(2)14-25(3)17-32)35(20-23)31-11-7-9-29(22-31)33-18-26(4)15-27(5)19-33/h6-22H,1-5H3. The fraction of sp³-hybridized carbons (Fsp3) is 0.143. The van der Waals surface area contributed by atoms with E-state index in [-0.39, 0.29) is 0 Å². The van der Waals surface area contributed by atoms with Gasteiger partial charge in [0.05, 0.1) is 0 Å². The molecule has 0 heterocycles. The number of hydrogen-bond acceptors (Lipinski definition) is 0. The molecule has 5 aromatic rings. The second-order valence-corrected chi connectivity index (χ2v) is 9.96. The van der Waals surface area contributed by atoms with Crippen LogP contribution in [0.1, 0.15) is 27.8 Å². The molecule has 0 atom stereocenters. The van der Waals surface area contributed by atoms with Crippen molar-refractivity contribution in [2.24, 2.45) is 0 Å². The van der Waals surface area contributed by atoms with E-state index in [4.69, 9.17) is 0 Å². The fourth-order valence-electron chi connectivity index (χ4n) is 5.16. The van der Waals surface area contributed by atoms with Gasteiger partial charge >= 0.3 is 0 Å². The molecule has 0 radical (unpaired) electrons. The van der Waals surface area contributed by atoms with Crippen LogP contribution in [0.25, 0.3) is 44.5 Å². The van der Waals surface area contributed by atoms with Crippen molar-refractivity contribution in [1.82, 2.24) is 0 Å². The first kappa shape index (κ1) is 22.9. The van der Waals surface area contributed by atoms with Gasteiger partial charge in [-0.15, -0.1) is 0 Å². The minimum absolute atomic E-state index is 1.24. The van der Waals surface area contributed by atoms with Crippen molar-refractivity contribution in [2.75, 3.05) is 0 Å². The van der Waals surface area contributed by atoms with E-state index < -0.39 is 0 Å². The van der Waals surface area contributed by atoms with Crippen molar-refractivity contribution in [3.05, 3.63) is 131 Å². The first-order chi connectivity index (χ1) is 16.9. The Labute approximate surface area is 209 Å². The van der Waals surface area contributed by atoms with Crippen LogP contribution in [0.2, 0.25) is 0 Å². The minimum atomic E-state index is 1.24. The van der Waals surface area contributed by atoms with Gasteiger partial charge in [0.2, 0.25) is 0 Å². The topological polar surface area (TPSA) is 0 Å². The Morgan fingerprint density at radius 2 is 0.714 bits per heavy atom. The first-order valence-electron chi connectivity index (χ1n) is 12.3. The van der Waals surface area contributed by atoms with Crippen LogP contribution in [0.5, 0.6) is 0 Å². The normalized spacial score (nSPS) is 11.0. The monoisotopic (exact) mass is 452 g/mol. The van der Waals surface area contributed by atoms with Gasteiger partial charge in [0.25, 0.3) is 0 Å². The van der Waals surface area contributed by atoms with Crippen LogP contribution < -0.4 is 0 Å². The van der Waals surface area contributed by atoms with E-state index in [9.17, 15) is 0 Å². The Kier molecular flexibility index (Phi) is 6.14. The quantitative estimate of drug-likeness (QED) is 0.254. The van der Waals surface area contributed by atoms with Crippen molar-refractivity contribution in [3.63, 3.8) is 0 Å². The molecule has 0 aliphatic carbocycles. The van der Waals surface area contributed by atoms with Crippen LogP contribution in [-0.2, 0) is 0 Å². The predicted octanol–water partition coefficient (Wildman–Crippen LogP) is 9.90. The number of aryl methyl sites for hydroxylation is 5. The molecule has 0 aromatic heterocycles. The van der Waals surface area contributed by atoms with E-state index in [1.54, 1.807) is 0 Å². The van der Waals surface area contributed by atoms with Crippen LogP contribution in [-0.4, -0.2) is 0 Å². The molecule has 5 aromatic carbocycles. The summed E-state index contributed by atoms with van der Waals surface area (Å²) < 4.78 is 0. The third-order valence-electron chi connectivity index (χ3n) is 6.63. The number of rotatable bonds is 4. The van der Waals surface area contributed by atoms with Crippen molar-refractivity contribution >= 4 is 0 Å². The smallest absolute Gasteiger partial charge is 0.0103 e. The molecule has 172 valence electrons. The molecule has 0 unspecified atom stereocenters. The second kappa shape index (κ2) is 9.39. The molecule has 0 bridgehead atoms. The zero-order chi connectivity index (χ0) is 24.5. The molecule has 0 nitrogen and oxygen atoms in total. The highest BCUT2D eigenvalue weighted by Crippen LogP contribution is 2.37. The lowest BCUT2D eigenvalue weighted by atomic mass is 9.89. The summed E-state index contributed by atoms with van der Waals surface area (Å²) in [6.45, 7) is 10.8. The Balaban J connectivity index is 1.62. The van der Waals surface area contributed by atoms with Gasteiger partial charge in [0.1, 0.15) is 0 Å². The highest BCUT2D eigenvalue weighted by Gasteiger charge is 2.11. The van der Waals surface area contributed by atoms with Crippen molar-refractivity contribution in [1.29, 1.82) is 0 Å². The van der Waals surface area contributed by atoms with Crippen LogP contribution in [0.4, 0.5) is 0 Å². The zero-order valence-corrected chi connectivity index (χ0v) is 21.3. The summed E-state index contributed by atoms with van der Waals surface area (Å²) in [5.74, 6) is 0. The van der Waals surface area contributed by atoms with E-state index in [1.165, 1.54) is 72.3 Å². The molecule has 0 N–H and O–H groups in total. The van der Waals surface area contributed by atoms with Crippen molar-refractivity contribution in [2.45, 2.75) is 34.6 Å². The summed E-state index contributed by atoms with van der Waals surface area (Å²) in [6, 6.07) is 38.3. The molecule has 5 rings (SSSR count). The average Bonchev–Trinajstić information content (AvgIpc) is 2.83. The Hall–Kier alpha value is -3.90. The van der Waals surface area contributed by atoms with E-state index in [0.29, 0.717) is 0 Å². The maximum absolute atomic E-state index is 2.33. The first-order valence-corrected chi connectivity index (χ1v) is 12.3. The Morgan fingerprint density at radius 1 is 0.286 bits per heavy atom. The van der Waals surface area contributed by atoms with Crippen LogP contribution in [0, 0.1) is 34.6 Å². The maximum Gasteiger partial charge on any atom is -0.0103 e. The fourth-order valence-corrected chi connectivity index (χ4v) is 5.16. The third kappa shape index (κ3) is 4.98. The second-order valence-electron chi connectivity index (χ2n) is 9.96. The van der Waals surface area contributed by atoms with E-state index in [0.717, 1.165) is 0 Å². The average molecular weight is 453 g/mol. The molecule has 0 aliphatic rings. The lowest BCUT2D eigenvalue weighted by molar-refractivity contribution is 1.38. The molecule has 0 heteroatoms. The Morgan fingerprint density at radius 3 is 1.20 bits per heavy atom. The molecule has 35 heavy (non-hydrogen) atoms. The lowest BCUT2D eigenvalue weighted by Gasteiger charge is -2.15. The summed E-state index contributed by atoms with van der Waals surface area (Å²) >= 11 is 0. The molecular formula is C35H32. The molecule has 0 amide bonds. The maximum atomic E-state index is 2.33. The van der Waals surface area contributed by atoms with Gasteiger partial charge in [-0.3, -0.25) is 0 Å². The van der Waals surface area contributed by atoms with Crippen molar-refractivity contribution in [3.8, 4) is 44.5 Å². The highest BCUT2D eigenvalue weighted by atomic mass is 14.2. The zero-order valence-electron chi connectivity index (χ0n) is 21.3. The lowest BCUT2D eigenvalue weighted by Crippen LogP contribution is -1.90. The van der Waals surface area contributed by atoms with Crippen molar-refractivity contribution < 1.29 is 0 Å². The largest absolute Gasteiger partial charge is 0.0610 e. The molecule has 0 aliphatic heterocycles. The number of hydrogen-bond donors (Lipinski definition) is 0. The molecule has 0 spiro atoms. The summed E-state index contributed by atoms with van der Waals surface area (Å²) in [7, 11) is 0. The van der Waals surface area contributed by atoms with Crippen LogP contribution in [0.15, 0.2) is 103 Å². The van der Waals surface area contributed by atoms with Crippen LogP contribution >= 0.6 is 0 Å². The molecular weight excluding hydrogens is 420 g/mol. The summed E-state index contributed by atoms with van der Waals surface area (Å²) in [5.41, 5.74) is 16.5. The molecule has 0 fully saturated rings. The van der Waals surface area contributed by atoms with Gasteiger partial charge in [-0.2, -0.15) is 0 Å². The molecule has 0 saturated carbocycles. The van der Waals surface area contributed by atoms with E-state index in [1.807, 2.05) is 0 Å². The minimum Gasteiger partial charge on any atom is -0.0610 e.